The first-order valence-electron chi connectivity index (χ1n) is 6.61. The second kappa shape index (κ2) is 5.73. The van der Waals surface area contributed by atoms with Gasteiger partial charge in [0.1, 0.15) is 5.75 Å². The van der Waals surface area contributed by atoms with Crippen LogP contribution in [0, 0.1) is 11.6 Å². The number of fused-ring (bicyclic) bond motifs is 1. The Morgan fingerprint density at radius 2 is 2.00 bits per heavy atom. The van der Waals surface area contributed by atoms with Crippen molar-refractivity contribution in [3.63, 3.8) is 0 Å². The molecule has 0 bridgehead atoms. The predicted octanol–water partition coefficient (Wildman–Crippen LogP) is 3.94. The zero-order chi connectivity index (χ0) is 15.0. The molecule has 0 spiro atoms. The number of aliphatic hydroxyl groups excluding tert-OH is 1. The highest BCUT2D eigenvalue weighted by Crippen LogP contribution is 2.37. The van der Waals surface area contributed by atoms with Gasteiger partial charge in [-0.3, -0.25) is 0 Å². The van der Waals surface area contributed by atoms with Gasteiger partial charge in [0.15, 0.2) is 11.6 Å². The van der Waals surface area contributed by atoms with Gasteiger partial charge in [0.2, 0.25) is 0 Å². The highest BCUT2D eigenvalue weighted by atomic mass is 79.9. The average molecular weight is 355 g/mol. The van der Waals surface area contributed by atoms with E-state index in [0.29, 0.717) is 23.5 Å². The van der Waals surface area contributed by atoms with Crippen LogP contribution >= 0.6 is 15.9 Å². The van der Waals surface area contributed by atoms with Gasteiger partial charge >= 0.3 is 0 Å². The van der Waals surface area contributed by atoms with Crippen molar-refractivity contribution in [2.24, 2.45) is 0 Å². The number of rotatable bonds is 3. The normalized spacial score (nSPS) is 14.7. The molecule has 5 heteroatoms. The van der Waals surface area contributed by atoms with Crippen molar-refractivity contribution < 1.29 is 18.6 Å². The Kier molecular flexibility index (Phi) is 3.95. The van der Waals surface area contributed by atoms with E-state index in [4.69, 9.17) is 4.74 Å². The molecule has 1 aliphatic heterocycles. The van der Waals surface area contributed by atoms with Crippen LogP contribution in [0.4, 0.5) is 8.78 Å². The Bertz CT molecular complexity index is 688. The summed E-state index contributed by atoms with van der Waals surface area (Å²) in [5.74, 6) is -1.09. The number of aliphatic hydroxyl groups is 1. The summed E-state index contributed by atoms with van der Waals surface area (Å²) in [6.45, 7) is 0.594. The minimum Gasteiger partial charge on any atom is -0.493 e. The van der Waals surface area contributed by atoms with E-state index in [0.717, 1.165) is 28.6 Å². The second-order valence-corrected chi connectivity index (χ2v) is 5.97. The zero-order valence-electron chi connectivity index (χ0n) is 11.1. The lowest BCUT2D eigenvalue weighted by molar-refractivity contribution is 0.173. The lowest BCUT2D eigenvalue weighted by Gasteiger charge is -2.15. The average Bonchev–Trinajstić information content (AvgIpc) is 2.90. The molecule has 0 saturated carbocycles. The van der Waals surface area contributed by atoms with Crippen LogP contribution in [-0.4, -0.2) is 11.7 Å². The third-order valence-electron chi connectivity index (χ3n) is 3.55. The molecule has 2 nitrogen and oxygen atoms in total. The molecule has 0 radical (unpaired) electrons. The fraction of sp³-hybridized carbons (Fsp3) is 0.250. The van der Waals surface area contributed by atoms with Crippen LogP contribution in [0.5, 0.6) is 5.75 Å². The third-order valence-corrected chi connectivity index (χ3v) is 4.01. The van der Waals surface area contributed by atoms with E-state index in [9.17, 15) is 13.9 Å². The molecule has 1 heterocycles. The monoisotopic (exact) mass is 354 g/mol. The van der Waals surface area contributed by atoms with E-state index in [1.54, 1.807) is 6.07 Å². The van der Waals surface area contributed by atoms with Gasteiger partial charge in [-0.1, -0.05) is 22.0 Å². The van der Waals surface area contributed by atoms with Crippen molar-refractivity contribution in [2.45, 2.75) is 18.9 Å². The van der Waals surface area contributed by atoms with Crippen LogP contribution in [0.1, 0.15) is 22.8 Å². The minimum absolute atomic E-state index is 0.198. The summed E-state index contributed by atoms with van der Waals surface area (Å²) in [7, 11) is 0. The molecule has 2 aromatic rings. The summed E-state index contributed by atoms with van der Waals surface area (Å²) in [5.41, 5.74) is 2.25. The van der Waals surface area contributed by atoms with Crippen molar-refractivity contribution >= 4 is 15.9 Å². The predicted molar refractivity (Wildman–Crippen MR) is 78.4 cm³/mol. The summed E-state index contributed by atoms with van der Waals surface area (Å²) in [4.78, 5) is 0. The molecule has 0 saturated heterocycles. The number of hydrogen-bond donors (Lipinski definition) is 1. The Morgan fingerprint density at radius 1 is 1.19 bits per heavy atom. The Balaban J connectivity index is 1.89. The summed E-state index contributed by atoms with van der Waals surface area (Å²) < 4.78 is 32.6. The van der Waals surface area contributed by atoms with E-state index >= 15 is 0 Å². The number of hydrogen-bond acceptors (Lipinski definition) is 2. The first kappa shape index (κ1) is 14.5. The quantitative estimate of drug-likeness (QED) is 0.904. The largest absolute Gasteiger partial charge is 0.493 e. The molecule has 21 heavy (non-hydrogen) atoms. The lowest BCUT2D eigenvalue weighted by atomic mass is 9.98. The first-order chi connectivity index (χ1) is 10.0. The van der Waals surface area contributed by atoms with E-state index in [1.807, 2.05) is 6.07 Å². The standard InChI is InChI=1S/C16H13BrF2O2/c17-11-7-10-3-4-21-16(10)12(8-11)15(20)6-9-1-2-13(18)14(19)5-9/h1-2,5,7-8,15,20H,3-4,6H2. The van der Waals surface area contributed by atoms with E-state index < -0.39 is 17.7 Å². The van der Waals surface area contributed by atoms with Gasteiger partial charge < -0.3 is 9.84 Å². The highest BCUT2D eigenvalue weighted by molar-refractivity contribution is 9.10. The molecule has 0 fully saturated rings. The summed E-state index contributed by atoms with van der Waals surface area (Å²) in [6.07, 6.45) is 0.169. The molecule has 1 N–H and O–H groups in total. The Hall–Kier alpha value is -1.46. The molecule has 0 aromatic heterocycles. The van der Waals surface area contributed by atoms with Crippen molar-refractivity contribution in [1.29, 1.82) is 0 Å². The summed E-state index contributed by atoms with van der Waals surface area (Å²) in [5, 5.41) is 10.4. The van der Waals surface area contributed by atoms with E-state index in [2.05, 4.69) is 15.9 Å². The smallest absolute Gasteiger partial charge is 0.159 e. The van der Waals surface area contributed by atoms with Gasteiger partial charge in [0.25, 0.3) is 0 Å². The third kappa shape index (κ3) is 2.94. The molecule has 3 rings (SSSR count). The Morgan fingerprint density at radius 3 is 2.76 bits per heavy atom. The van der Waals surface area contributed by atoms with Crippen molar-refractivity contribution in [1.82, 2.24) is 0 Å². The summed E-state index contributed by atoms with van der Waals surface area (Å²) in [6, 6.07) is 7.42. The summed E-state index contributed by atoms with van der Waals surface area (Å²) >= 11 is 3.41. The SMILES string of the molecule is OC(Cc1ccc(F)c(F)c1)c1cc(Br)cc2c1OCC2. The minimum atomic E-state index is -0.907. The van der Waals surface area contributed by atoms with Crippen LogP contribution in [0.2, 0.25) is 0 Å². The fourth-order valence-electron chi connectivity index (χ4n) is 2.55. The topological polar surface area (TPSA) is 29.5 Å². The maximum Gasteiger partial charge on any atom is 0.159 e. The molecule has 1 unspecified atom stereocenters. The van der Waals surface area contributed by atoms with Crippen molar-refractivity contribution in [2.75, 3.05) is 6.61 Å². The molecule has 0 aliphatic carbocycles. The van der Waals surface area contributed by atoms with E-state index in [1.165, 1.54) is 6.07 Å². The molecular weight excluding hydrogens is 342 g/mol. The molecule has 0 amide bonds. The van der Waals surface area contributed by atoms with E-state index in [-0.39, 0.29) is 6.42 Å². The number of halogens is 3. The van der Waals surface area contributed by atoms with Crippen LogP contribution in [0.3, 0.4) is 0 Å². The van der Waals surface area contributed by atoms with Gasteiger partial charge in [0, 0.05) is 22.9 Å². The molecule has 1 atom stereocenters. The van der Waals surface area contributed by atoms with Crippen molar-refractivity contribution in [3.05, 3.63) is 63.1 Å². The highest BCUT2D eigenvalue weighted by Gasteiger charge is 2.22. The van der Waals surface area contributed by atoms with Gasteiger partial charge in [-0.15, -0.1) is 0 Å². The molecule has 2 aromatic carbocycles. The maximum absolute atomic E-state index is 13.2. The first-order valence-corrected chi connectivity index (χ1v) is 7.41. The molecule has 110 valence electrons. The molecule has 1 aliphatic rings. The lowest BCUT2D eigenvalue weighted by Crippen LogP contribution is -2.05. The van der Waals surface area contributed by atoms with Crippen molar-refractivity contribution in [3.8, 4) is 5.75 Å². The van der Waals surface area contributed by atoms with Crippen LogP contribution in [0.25, 0.3) is 0 Å². The number of ether oxygens (including phenoxy) is 1. The van der Waals surface area contributed by atoms with Gasteiger partial charge in [0.05, 0.1) is 12.7 Å². The maximum atomic E-state index is 13.2. The van der Waals surface area contributed by atoms with Gasteiger partial charge in [-0.2, -0.15) is 0 Å². The number of benzene rings is 2. The van der Waals surface area contributed by atoms with Crippen LogP contribution in [0.15, 0.2) is 34.8 Å². The second-order valence-electron chi connectivity index (χ2n) is 5.05. The van der Waals surface area contributed by atoms with Crippen LogP contribution in [-0.2, 0) is 12.8 Å². The zero-order valence-corrected chi connectivity index (χ0v) is 12.7. The van der Waals surface area contributed by atoms with Gasteiger partial charge in [-0.25, -0.2) is 8.78 Å². The van der Waals surface area contributed by atoms with Crippen LogP contribution < -0.4 is 4.74 Å². The Labute approximate surface area is 129 Å². The molecular formula is C16H13BrF2O2. The van der Waals surface area contributed by atoms with Gasteiger partial charge in [-0.05, 0) is 35.4 Å². The fourth-order valence-corrected chi connectivity index (χ4v) is 3.07.